The highest BCUT2D eigenvalue weighted by molar-refractivity contribution is 6.00. The molecule has 0 unspecified atom stereocenters. The van der Waals surface area contributed by atoms with Gasteiger partial charge in [-0.15, -0.1) is 0 Å². The average Bonchev–Trinajstić information content (AvgIpc) is 2.09. The highest BCUT2D eigenvalue weighted by Crippen LogP contribution is 2.16. The van der Waals surface area contributed by atoms with Gasteiger partial charge in [0.1, 0.15) is 0 Å². The van der Waals surface area contributed by atoms with E-state index in [2.05, 4.69) is 0 Å². The Morgan fingerprint density at radius 1 is 1.46 bits per heavy atom. The summed E-state index contributed by atoms with van der Waals surface area (Å²) in [6.07, 6.45) is 1.44. The van der Waals surface area contributed by atoms with Crippen LogP contribution in [0.2, 0.25) is 0 Å². The number of anilines is 1. The summed E-state index contributed by atoms with van der Waals surface area (Å²) in [6, 6.07) is 5.56. The number of aryl methyl sites for hydroxylation is 1. The molecule has 0 bridgehead atoms. The molecule has 0 fully saturated rings. The molecule has 2 N–H and O–H groups in total. The topological polar surface area (TPSA) is 43.1 Å². The number of ketones is 1. The van der Waals surface area contributed by atoms with Crippen molar-refractivity contribution in [1.82, 2.24) is 0 Å². The molecule has 0 aliphatic carbocycles. The minimum absolute atomic E-state index is 0.142. The lowest BCUT2D eigenvalue weighted by atomic mass is 10.0. The van der Waals surface area contributed by atoms with Crippen molar-refractivity contribution in [2.24, 2.45) is 0 Å². The van der Waals surface area contributed by atoms with Gasteiger partial charge in [0.15, 0.2) is 5.78 Å². The molecule has 0 aliphatic heterocycles. The average molecular weight is 177 g/mol. The zero-order valence-corrected chi connectivity index (χ0v) is 8.13. The van der Waals surface area contributed by atoms with Gasteiger partial charge in [-0.25, -0.2) is 0 Å². The fourth-order valence-electron chi connectivity index (χ4n) is 1.27. The van der Waals surface area contributed by atoms with Gasteiger partial charge in [-0.2, -0.15) is 0 Å². The van der Waals surface area contributed by atoms with Crippen molar-refractivity contribution in [3.63, 3.8) is 0 Å². The second kappa shape index (κ2) is 4.08. The lowest BCUT2D eigenvalue weighted by molar-refractivity contribution is 0.0982. The summed E-state index contributed by atoms with van der Waals surface area (Å²) in [7, 11) is 0. The van der Waals surface area contributed by atoms with Crippen LogP contribution in [0, 0.1) is 6.92 Å². The fraction of sp³-hybridized carbons (Fsp3) is 0.364. The first-order chi connectivity index (χ1) is 6.15. The van der Waals surface area contributed by atoms with Crippen molar-refractivity contribution in [3.05, 3.63) is 29.3 Å². The Hall–Kier alpha value is -1.31. The third-order valence-corrected chi connectivity index (χ3v) is 1.99. The highest BCUT2D eigenvalue weighted by atomic mass is 16.1. The summed E-state index contributed by atoms with van der Waals surface area (Å²) < 4.78 is 0. The number of nitrogen functional groups attached to an aromatic ring is 1. The van der Waals surface area contributed by atoms with Crippen LogP contribution in [0.15, 0.2) is 18.2 Å². The standard InChI is InChI=1S/C11H15NO/c1-3-4-11(13)9-7-8(2)5-6-10(9)12/h5-7H,3-4,12H2,1-2H3. The molecule has 0 saturated carbocycles. The van der Waals surface area contributed by atoms with Crippen LogP contribution < -0.4 is 5.73 Å². The molecule has 0 spiro atoms. The Kier molecular flexibility index (Phi) is 3.07. The molecule has 70 valence electrons. The minimum Gasteiger partial charge on any atom is -0.398 e. The smallest absolute Gasteiger partial charge is 0.164 e. The Morgan fingerprint density at radius 3 is 2.77 bits per heavy atom. The number of carbonyl (C=O) groups is 1. The molecule has 1 aromatic rings. The second-order valence-corrected chi connectivity index (χ2v) is 3.26. The normalized spacial score (nSPS) is 10.0. The maximum Gasteiger partial charge on any atom is 0.164 e. The van der Waals surface area contributed by atoms with Gasteiger partial charge in [-0.1, -0.05) is 18.6 Å². The van der Waals surface area contributed by atoms with Gasteiger partial charge in [-0.3, -0.25) is 4.79 Å². The van der Waals surface area contributed by atoms with Gasteiger partial charge in [0.25, 0.3) is 0 Å². The Balaban J connectivity index is 2.99. The van der Waals surface area contributed by atoms with E-state index in [0.29, 0.717) is 17.7 Å². The lowest BCUT2D eigenvalue weighted by Crippen LogP contribution is -2.03. The van der Waals surface area contributed by atoms with Gasteiger partial charge >= 0.3 is 0 Å². The molecule has 0 aliphatic rings. The molecule has 0 heterocycles. The fourth-order valence-corrected chi connectivity index (χ4v) is 1.27. The van der Waals surface area contributed by atoms with Crippen molar-refractivity contribution in [3.8, 4) is 0 Å². The van der Waals surface area contributed by atoms with E-state index < -0.39 is 0 Å². The molecule has 2 nitrogen and oxygen atoms in total. The first-order valence-electron chi connectivity index (χ1n) is 4.54. The molecule has 13 heavy (non-hydrogen) atoms. The summed E-state index contributed by atoms with van der Waals surface area (Å²) >= 11 is 0. The summed E-state index contributed by atoms with van der Waals surface area (Å²) in [5.74, 6) is 0.142. The summed E-state index contributed by atoms with van der Waals surface area (Å²) in [4.78, 5) is 11.5. The number of rotatable bonds is 3. The van der Waals surface area contributed by atoms with E-state index in [4.69, 9.17) is 5.73 Å². The van der Waals surface area contributed by atoms with E-state index in [1.807, 2.05) is 26.0 Å². The van der Waals surface area contributed by atoms with Crippen molar-refractivity contribution >= 4 is 11.5 Å². The third kappa shape index (κ3) is 2.31. The van der Waals surface area contributed by atoms with Crippen molar-refractivity contribution in [2.45, 2.75) is 26.7 Å². The van der Waals surface area contributed by atoms with E-state index in [-0.39, 0.29) is 5.78 Å². The molecule has 0 radical (unpaired) electrons. The van der Waals surface area contributed by atoms with Crippen LogP contribution in [0.3, 0.4) is 0 Å². The monoisotopic (exact) mass is 177 g/mol. The summed E-state index contributed by atoms with van der Waals surface area (Å²) in [5, 5.41) is 0. The summed E-state index contributed by atoms with van der Waals surface area (Å²) in [6.45, 7) is 3.95. The Labute approximate surface area is 78.8 Å². The van der Waals surface area contributed by atoms with E-state index >= 15 is 0 Å². The molecule has 0 atom stereocenters. The number of hydrogen-bond acceptors (Lipinski definition) is 2. The quantitative estimate of drug-likeness (QED) is 0.569. The predicted octanol–water partition coefficient (Wildman–Crippen LogP) is 2.56. The van der Waals surface area contributed by atoms with Crippen LogP contribution in [0.4, 0.5) is 5.69 Å². The van der Waals surface area contributed by atoms with Crippen LogP contribution in [-0.4, -0.2) is 5.78 Å². The molecule has 0 amide bonds. The zero-order valence-electron chi connectivity index (χ0n) is 8.13. The summed E-state index contributed by atoms with van der Waals surface area (Å²) in [5.41, 5.74) is 8.03. The van der Waals surface area contributed by atoms with Gasteiger partial charge < -0.3 is 5.73 Å². The maximum atomic E-state index is 11.5. The zero-order chi connectivity index (χ0) is 9.84. The number of benzene rings is 1. The van der Waals surface area contributed by atoms with Crippen LogP contribution >= 0.6 is 0 Å². The number of Topliss-reactive ketones (excluding diaryl/α,β-unsaturated/α-hetero) is 1. The number of hydrogen-bond donors (Lipinski definition) is 1. The van der Waals surface area contributed by atoms with Crippen LogP contribution in [-0.2, 0) is 0 Å². The van der Waals surface area contributed by atoms with Crippen LogP contribution in [0.5, 0.6) is 0 Å². The lowest BCUT2D eigenvalue weighted by Gasteiger charge is -2.04. The SMILES string of the molecule is CCCC(=O)c1cc(C)ccc1N. The van der Waals surface area contributed by atoms with Gasteiger partial charge in [0.2, 0.25) is 0 Å². The van der Waals surface area contributed by atoms with Gasteiger partial charge in [0.05, 0.1) is 0 Å². The molecular weight excluding hydrogens is 162 g/mol. The van der Waals surface area contributed by atoms with Gasteiger partial charge in [-0.05, 0) is 25.5 Å². The van der Waals surface area contributed by atoms with Gasteiger partial charge in [0, 0.05) is 17.7 Å². The van der Waals surface area contributed by atoms with Crippen LogP contribution in [0.1, 0.15) is 35.7 Å². The molecule has 2 heteroatoms. The third-order valence-electron chi connectivity index (χ3n) is 1.99. The van der Waals surface area contributed by atoms with E-state index in [1.54, 1.807) is 6.07 Å². The highest BCUT2D eigenvalue weighted by Gasteiger charge is 2.07. The van der Waals surface area contributed by atoms with Crippen molar-refractivity contribution < 1.29 is 4.79 Å². The first kappa shape index (κ1) is 9.78. The maximum absolute atomic E-state index is 11.5. The molecule has 1 aromatic carbocycles. The Morgan fingerprint density at radius 2 is 2.15 bits per heavy atom. The number of nitrogens with two attached hydrogens (primary N) is 1. The second-order valence-electron chi connectivity index (χ2n) is 3.26. The van der Waals surface area contributed by atoms with E-state index in [9.17, 15) is 4.79 Å². The Bertz CT molecular complexity index is 318. The predicted molar refractivity (Wildman–Crippen MR) is 54.8 cm³/mol. The first-order valence-corrected chi connectivity index (χ1v) is 4.54. The van der Waals surface area contributed by atoms with Crippen molar-refractivity contribution in [2.75, 3.05) is 5.73 Å². The molecule has 0 aromatic heterocycles. The van der Waals surface area contributed by atoms with Crippen molar-refractivity contribution in [1.29, 1.82) is 0 Å². The van der Waals surface area contributed by atoms with E-state index in [0.717, 1.165) is 12.0 Å². The van der Waals surface area contributed by atoms with Crippen LogP contribution in [0.25, 0.3) is 0 Å². The minimum atomic E-state index is 0.142. The number of carbonyl (C=O) groups excluding carboxylic acids is 1. The van der Waals surface area contributed by atoms with E-state index in [1.165, 1.54) is 0 Å². The molecular formula is C11H15NO. The molecule has 1 rings (SSSR count). The largest absolute Gasteiger partial charge is 0.398 e. The molecule has 0 saturated heterocycles.